The van der Waals surface area contributed by atoms with E-state index in [9.17, 15) is 9.59 Å². The molecule has 0 radical (unpaired) electrons. The number of aromatic nitrogens is 3. The molecule has 0 atom stereocenters. The van der Waals surface area contributed by atoms with Crippen molar-refractivity contribution in [1.82, 2.24) is 19.7 Å². The van der Waals surface area contributed by atoms with Gasteiger partial charge in [-0.3, -0.25) is 14.7 Å². The molecule has 3 aromatic rings. The third kappa shape index (κ3) is 4.18. The summed E-state index contributed by atoms with van der Waals surface area (Å²) in [5.74, 6) is 0.0655. The first-order chi connectivity index (χ1) is 14.0. The van der Waals surface area contributed by atoms with E-state index in [1.165, 1.54) is 21.6 Å². The van der Waals surface area contributed by atoms with Crippen molar-refractivity contribution < 1.29 is 9.53 Å². The Hall–Kier alpha value is -2.71. The summed E-state index contributed by atoms with van der Waals surface area (Å²) in [5.41, 5.74) is 4.33. The van der Waals surface area contributed by atoms with Crippen LogP contribution in [0.3, 0.4) is 0 Å². The molecule has 0 spiro atoms. The van der Waals surface area contributed by atoms with Crippen LogP contribution in [0.1, 0.15) is 23.2 Å². The van der Waals surface area contributed by atoms with E-state index in [0.717, 1.165) is 17.0 Å². The van der Waals surface area contributed by atoms with Crippen molar-refractivity contribution in [3.63, 3.8) is 0 Å². The number of morpholine rings is 1. The number of aryl methyl sites for hydroxylation is 2. The number of amides is 1. The van der Waals surface area contributed by atoms with Crippen molar-refractivity contribution >= 4 is 17.2 Å². The molecular weight excluding hydrogens is 388 g/mol. The predicted octanol–water partition coefficient (Wildman–Crippen LogP) is 2.70. The first-order valence-corrected chi connectivity index (χ1v) is 10.6. The van der Waals surface area contributed by atoms with Crippen molar-refractivity contribution in [3.8, 4) is 16.4 Å². The van der Waals surface area contributed by atoms with E-state index in [4.69, 9.17) is 4.74 Å². The van der Waals surface area contributed by atoms with Crippen molar-refractivity contribution in [2.45, 2.75) is 26.7 Å². The maximum absolute atomic E-state index is 12.9. The fourth-order valence-corrected chi connectivity index (χ4v) is 4.23. The standard InChI is InChI=1S/C21H24N4O3S/c1-14-3-5-16(6-4-14)18-13-29-21(22-18)25-20(27)17(15(2)23-25)7-8-19(26)24-9-11-28-12-10-24/h3-6,13,23H,7-12H2,1-2H3. The molecule has 8 heteroatoms. The Morgan fingerprint density at radius 1 is 1.21 bits per heavy atom. The second-order valence-electron chi connectivity index (χ2n) is 7.23. The molecular formula is C21H24N4O3S. The first kappa shape index (κ1) is 19.6. The molecule has 2 aromatic heterocycles. The highest BCUT2D eigenvalue weighted by molar-refractivity contribution is 7.12. The molecule has 7 nitrogen and oxygen atoms in total. The highest BCUT2D eigenvalue weighted by Gasteiger charge is 2.20. The number of aromatic amines is 1. The fourth-order valence-electron chi connectivity index (χ4n) is 3.44. The lowest BCUT2D eigenvalue weighted by molar-refractivity contribution is -0.135. The number of carbonyl (C=O) groups is 1. The van der Waals surface area contributed by atoms with Crippen molar-refractivity contribution in [2.75, 3.05) is 26.3 Å². The van der Waals surface area contributed by atoms with E-state index >= 15 is 0 Å². The van der Waals surface area contributed by atoms with Crippen LogP contribution in [-0.2, 0) is 16.0 Å². The number of carbonyl (C=O) groups excluding carboxylic acids is 1. The summed E-state index contributed by atoms with van der Waals surface area (Å²) < 4.78 is 6.76. The molecule has 29 heavy (non-hydrogen) atoms. The molecule has 0 aliphatic carbocycles. The maximum atomic E-state index is 12.9. The van der Waals surface area contributed by atoms with Gasteiger partial charge >= 0.3 is 0 Å². The Morgan fingerprint density at radius 3 is 2.66 bits per heavy atom. The molecule has 1 aliphatic heterocycles. The number of ether oxygens (including phenoxy) is 1. The number of thiazole rings is 1. The van der Waals surface area contributed by atoms with Crippen LogP contribution < -0.4 is 5.56 Å². The minimum absolute atomic E-state index is 0.0655. The summed E-state index contributed by atoms with van der Waals surface area (Å²) in [4.78, 5) is 31.7. The molecule has 0 bridgehead atoms. The molecule has 1 aliphatic rings. The third-order valence-electron chi connectivity index (χ3n) is 5.18. The summed E-state index contributed by atoms with van der Waals surface area (Å²) in [7, 11) is 0. The zero-order valence-electron chi connectivity index (χ0n) is 16.6. The quantitative estimate of drug-likeness (QED) is 0.699. The van der Waals surface area contributed by atoms with Gasteiger partial charge in [-0.25, -0.2) is 4.98 Å². The molecule has 0 unspecified atom stereocenters. The predicted molar refractivity (Wildman–Crippen MR) is 113 cm³/mol. The number of rotatable bonds is 5. The number of hydrogen-bond acceptors (Lipinski definition) is 5. The Bertz CT molecular complexity index is 1060. The average molecular weight is 413 g/mol. The summed E-state index contributed by atoms with van der Waals surface area (Å²) >= 11 is 1.42. The number of benzene rings is 1. The van der Waals surface area contributed by atoms with Crippen LogP contribution in [0.15, 0.2) is 34.4 Å². The topological polar surface area (TPSA) is 80.2 Å². The molecule has 1 amide bonds. The van der Waals surface area contributed by atoms with Gasteiger partial charge in [0.05, 0.1) is 18.9 Å². The van der Waals surface area contributed by atoms with Crippen LogP contribution >= 0.6 is 11.3 Å². The monoisotopic (exact) mass is 412 g/mol. The van der Waals surface area contributed by atoms with Gasteiger partial charge in [0.15, 0.2) is 0 Å². The summed E-state index contributed by atoms with van der Waals surface area (Å²) in [6.45, 7) is 6.31. The van der Waals surface area contributed by atoms with E-state index in [-0.39, 0.29) is 11.5 Å². The second-order valence-corrected chi connectivity index (χ2v) is 8.07. The SMILES string of the molecule is Cc1ccc(-c2csc(-n3[nH]c(C)c(CCC(=O)N4CCOCC4)c3=O)n2)cc1. The molecule has 4 rings (SSSR count). The van der Waals surface area contributed by atoms with E-state index in [2.05, 4.69) is 10.1 Å². The van der Waals surface area contributed by atoms with E-state index in [0.29, 0.717) is 49.8 Å². The van der Waals surface area contributed by atoms with Gasteiger partial charge in [0.2, 0.25) is 11.0 Å². The zero-order valence-corrected chi connectivity index (χ0v) is 17.4. The average Bonchev–Trinajstić information content (AvgIpc) is 3.32. The van der Waals surface area contributed by atoms with Gasteiger partial charge in [-0.05, 0) is 20.3 Å². The van der Waals surface area contributed by atoms with Crippen LogP contribution in [0.5, 0.6) is 0 Å². The minimum Gasteiger partial charge on any atom is -0.378 e. The van der Waals surface area contributed by atoms with Gasteiger partial charge in [0.1, 0.15) is 0 Å². The van der Waals surface area contributed by atoms with Crippen LogP contribution in [0.4, 0.5) is 0 Å². The van der Waals surface area contributed by atoms with Crippen molar-refractivity contribution in [3.05, 3.63) is 56.8 Å². The van der Waals surface area contributed by atoms with E-state index in [1.807, 2.05) is 43.5 Å². The molecule has 0 saturated carbocycles. The van der Waals surface area contributed by atoms with Crippen LogP contribution in [0.2, 0.25) is 0 Å². The van der Waals surface area contributed by atoms with Crippen molar-refractivity contribution in [2.24, 2.45) is 0 Å². The van der Waals surface area contributed by atoms with E-state index in [1.54, 1.807) is 4.90 Å². The van der Waals surface area contributed by atoms with Crippen molar-refractivity contribution in [1.29, 1.82) is 0 Å². The van der Waals surface area contributed by atoms with Gasteiger partial charge in [0.25, 0.3) is 5.56 Å². The number of hydrogen-bond donors (Lipinski definition) is 1. The lowest BCUT2D eigenvalue weighted by atomic mass is 10.1. The third-order valence-corrected chi connectivity index (χ3v) is 6.00. The summed E-state index contributed by atoms with van der Waals surface area (Å²) in [6.07, 6.45) is 0.737. The molecule has 1 N–H and O–H groups in total. The molecule has 152 valence electrons. The maximum Gasteiger partial charge on any atom is 0.276 e. The largest absolute Gasteiger partial charge is 0.378 e. The van der Waals surface area contributed by atoms with Crippen LogP contribution in [0.25, 0.3) is 16.4 Å². The van der Waals surface area contributed by atoms with Gasteiger partial charge in [-0.15, -0.1) is 11.3 Å². The zero-order chi connectivity index (χ0) is 20.4. The van der Waals surface area contributed by atoms with Gasteiger partial charge in [-0.1, -0.05) is 29.8 Å². The van der Waals surface area contributed by atoms with Gasteiger partial charge in [-0.2, -0.15) is 4.68 Å². The normalized spacial score (nSPS) is 14.3. The number of nitrogens with one attached hydrogen (secondary N) is 1. The van der Waals surface area contributed by atoms with Crippen LogP contribution in [-0.4, -0.2) is 51.9 Å². The van der Waals surface area contributed by atoms with Crippen LogP contribution in [0, 0.1) is 13.8 Å². The number of nitrogens with zero attached hydrogens (tertiary/aromatic N) is 3. The summed E-state index contributed by atoms with van der Waals surface area (Å²) in [5, 5.41) is 5.66. The smallest absolute Gasteiger partial charge is 0.276 e. The van der Waals surface area contributed by atoms with E-state index < -0.39 is 0 Å². The Morgan fingerprint density at radius 2 is 1.93 bits per heavy atom. The Labute approximate surface area is 172 Å². The lowest BCUT2D eigenvalue weighted by Gasteiger charge is -2.26. The second kappa shape index (κ2) is 8.34. The molecule has 1 aromatic carbocycles. The molecule has 3 heterocycles. The fraction of sp³-hybridized carbons (Fsp3) is 0.381. The number of H-pyrrole nitrogens is 1. The minimum atomic E-state index is -0.137. The summed E-state index contributed by atoms with van der Waals surface area (Å²) in [6, 6.07) is 8.14. The molecule has 1 saturated heterocycles. The highest BCUT2D eigenvalue weighted by Crippen LogP contribution is 2.24. The van der Waals surface area contributed by atoms with Gasteiger partial charge in [0, 0.05) is 41.7 Å². The Kier molecular flexibility index (Phi) is 5.64. The Balaban J connectivity index is 1.51. The lowest BCUT2D eigenvalue weighted by Crippen LogP contribution is -2.40. The van der Waals surface area contributed by atoms with Gasteiger partial charge < -0.3 is 9.64 Å². The first-order valence-electron chi connectivity index (χ1n) is 9.72. The highest BCUT2D eigenvalue weighted by atomic mass is 32.1. The molecule has 1 fully saturated rings.